The van der Waals surface area contributed by atoms with Crippen LogP contribution in [0.5, 0.6) is 5.75 Å². The van der Waals surface area contributed by atoms with Gasteiger partial charge in [0.1, 0.15) is 17.1 Å². The summed E-state index contributed by atoms with van der Waals surface area (Å²) in [5.41, 5.74) is 1.06. The summed E-state index contributed by atoms with van der Waals surface area (Å²) >= 11 is 8.39. The number of anilines is 1. The Morgan fingerprint density at radius 2 is 1.87 bits per heavy atom. The van der Waals surface area contributed by atoms with Gasteiger partial charge in [0, 0.05) is 41.9 Å². The van der Waals surface area contributed by atoms with Crippen molar-refractivity contribution in [2.75, 3.05) is 44.4 Å². The Kier molecular flexibility index (Phi) is 7.07. The van der Waals surface area contributed by atoms with Gasteiger partial charge in [-0.3, -0.25) is 0 Å². The lowest BCUT2D eigenvalue weighted by Crippen LogP contribution is -2.51. The Bertz CT molecular complexity index is 1500. The van der Waals surface area contributed by atoms with Gasteiger partial charge in [0.05, 0.1) is 5.02 Å². The van der Waals surface area contributed by atoms with Gasteiger partial charge in [0.2, 0.25) is 0 Å². The molecule has 3 heterocycles. The van der Waals surface area contributed by atoms with Gasteiger partial charge in [-0.05, 0) is 74.4 Å². The van der Waals surface area contributed by atoms with E-state index in [1.54, 1.807) is 30.0 Å². The minimum Gasteiger partial charge on any atom is -0.508 e. The van der Waals surface area contributed by atoms with Crippen molar-refractivity contribution >= 4 is 50.9 Å². The highest BCUT2D eigenvalue weighted by Gasteiger charge is 2.34. The second kappa shape index (κ2) is 10.5. The quantitative estimate of drug-likeness (QED) is 0.168. The van der Waals surface area contributed by atoms with Crippen molar-refractivity contribution < 1.29 is 9.50 Å². The average Bonchev–Trinajstić information content (AvgIpc) is 3.23. The molecule has 2 aliphatic heterocycles. The van der Waals surface area contributed by atoms with E-state index in [9.17, 15) is 5.11 Å². The molecule has 2 aliphatic rings. The maximum atomic E-state index is 16.6. The maximum absolute atomic E-state index is 16.6. The van der Waals surface area contributed by atoms with Crippen LogP contribution >= 0.6 is 23.4 Å². The van der Waals surface area contributed by atoms with E-state index in [1.165, 1.54) is 0 Å². The van der Waals surface area contributed by atoms with Gasteiger partial charge in [-0.2, -0.15) is 0 Å². The SMILES string of the molecule is CN(C)CCCSc1nc(N2CC3CCC(C2)N3)c2cc(Cl)c(-c3cc(O)cc4ccccc34)c(F)c2n1. The van der Waals surface area contributed by atoms with Gasteiger partial charge in [-0.1, -0.05) is 47.6 Å². The van der Waals surface area contributed by atoms with Crippen molar-refractivity contribution in [2.45, 2.75) is 36.5 Å². The molecular weight excluding hydrogens is 521 g/mol. The molecule has 38 heavy (non-hydrogen) atoms. The third kappa shape index (κ3) is 4.91. The largest absolute Gasteiger partial charge is 0.508 e. The summed E-state index contributed by atoms with van der Waals surface area (Å²) in [7, 11) is 4.11. The molecule has 0 radical (unpaired) electrons. The Morgan fingerprint density at radius 3 is 2.63 bits per heavy atom. The first-order valence-electron chi connectivity index (χ1n) is 13.1. The van der Waals surface area contributed by atoms with Crippen LogP contribution in [0.1, 0.15) is 19.3 Å². The average molecular weight is 552 g/mol. The van der Waals surface area contributed by atoms with Crippen LogP contribution in [-0.4, -0.2) is 71.5 Å². The molecule has 4 aromatic rings. The highest BCUT2D eigenvalue weighted by molar-refractivity contribution is 7.99. The van der Waals surface area contributed by atoms with Gasteiger partial charge >= 0.3 is 0 Å². The number of halogens is 2. The summed E-state index contributed by atoms with van der Waals surface area (Å²) in [6.45, 7) is 2.62. The highest BCUT2D eigenvalue weighted by Crippen LogP contribution is 2.43. The fraction of sp³-hybridized carbons (Fsp3) is 0.379. The summed E-state index contributed by atoms with van der Waals surface area (Å²) in [6, 6.07) is 13.5. The number of hydrogen-bond acceptors (Lipinski definition) is 7. The Labute approximate surface area is 231 Å². The van der Waals surface area contributed by atoms with Gasteiger partial charge < -0.3 is 20.2 Å². The fourth-order valence-corrected chi connectivity index (χ4v) is 6.78. The van der Waals surface area contributed by atoms with Crippen LogP contribution in [0.4, 0.5) is 10.2 Å². The van der Waals surface area contributed by atoms with Crippen molar-refractivity contribution in [2.24, 2.45) is 0 Å². The summed E-state index contributed by atoms with van der Waals surface area (Å²) < 4.78 is 16.6. The molecule has 0 saturated carbocycles. The summed E-state index contributed by atoms with van der Waals surface area (Å²) in [6.07, 6.45) is 3.26. The molecule has 3 aromatic carbocycles. The van der Waals surface area contributed by atoms with Gasteiger partial charge in [0.25, 0.3) is 0 Å². The van der Waals surface area contributed by atoms with E-state index < -0.39 is 5.82 Å². The first-order chi connectivity index (χ1) is 18.4. The van der Waals surface area contributed by atoms with E-state index in [-0.39, 0.29) is 21.9 Å². The highest BCUT2D eigenvalue weighted by atomic mass is 35.5. The Hall–Kier alpha value is -2.65. The molecule has 2 unspecified atom stereocenters. The molecule has 0 aliphatic carbocycles. The van der Waals surface area contributed by atoms with Crippen LogP contribution < -0.4 is 10.2 Å². The zero-order valence-corrected chi connectivity index (χ0v) is 23.1. The van der Waals surface area contributed by atoms with Crippen molar-refractivity contribution in [3.8, 4) is 16.9 Å². The molecule has 6 nitrogen and oxygen atoms in total. The first-order valence-corrected chi connectivity index (χ1v) is 14.4. The molecule has 0 spiro atoms. The standard InChI is InChI=1S/C29H31ClFN5OS/c1-35(2)10-5-11-38-29-33-27-23(28(34-29)36-15-18-8-9-19(16-36)32-18)14-24(30)25(26(27)31)22-13-20(37)12-17-6-3-4-7-21(17)22/h3-4,6-7,12-14,18-19,32,37H,5,8-11,15-16H2,1-2H3. The molecular formula is C29H31ClFN5OS. The Balaban J connectivity index is 1.50. The second-order valence-electron chi connectivity index (χ2n) is 10.5. The number of aromatic hydroxyl groups is 1. The van der Waals surface area contributed by atoms with Crippen LogP contribution in [0.25, 0.3) is 32.8 Å². The first kappa shape index (κ1) is 25.6. The lowest BCUT2D eigenvalue weighted by Gasteiger charge is -2.34. The molecule has 2 fully saturated rings. The minimum atomic E-state index is -0.486. The van der Waals surface area contributed by atoms with Crippen molar-refractivity contribution in [1.82, 2.24) is 20.2 Å². The number of phenols is 1. The predicted molar refractivity (Wildman–Crippen MR) is 155 cm³/mol. The van der Waals surface area contributed by atoms with E-state index >= 15 is 4.39 Å². The molecule has 198 valence electrons. The second-order valence-corrected chi connectivity index (χ2v) is 12.0. The number of nitrogens with zero attached hydrogens (tertiary/aromatic N) is 4. The lowest BCUT2D eigenvalue weighted by atomic mass is 9.96. The van der Waals surface area contributed by atoms with E-state index in [1.807, 2.05) is 24.3 Å². The van der Waals surface area contributed by atoms with E-state index in [2.05, 4.69) is 29.2 Å². The van der Waals surface area contributed by atoms with E-state index in [0.717, 1.165) is 61.2 Å². The Morgan fingerprint density at radius 1 is 1.11 bits per heavy atom. The molecule has 2 N–H and O–H groups in total. The predicted octanol–water partition coefficient (Wildman–Crippen LogP) is 5.93. The zero-order chi connectivity index (χ0) is 26.4. The van der Waals surface area contributed by atoms with Gasteiger partial charge in [-0.25, -0.2) is 14.4 Å². The van der Waals surface area contributed by atoms with Crippen LogP contribution in [-0.2, 0) is 0 Å². The molecule has 0 amide bonds. The molecule has 1 aromatic heterocycles. The number of aromatic nitrogens is 2. The van der Waals surface area contributed by atoms with Crippen molar-refractivity contribution in [1.29, 1.82) is 0 Å². The number of piperazine rings is 1. The third-order valence-corrected chi connectivity index (χ3v) is 8.69. The maximum Gasteiger partial charge on any atom is 0.190 e. The molecule has 2 saturated heterocycles. The summed E-state index contributed by atoms with van der Waals surface area (Å²) in [5.74, 6) is 1.16. The number of benzene rings is 3. The fourth-order valence-electron chi connectivity index (χ4n) is 5.73. The molecule has 6 rings (SSSR count). The molecule has 2 atom stereocenters. The number of rotatable bonds is 7. The summed E-state index contributed by atoms with van der Waals surface area (Å²) in [5, 5.41) is 17.2. The monoisotopic (exact) mass is 551 g/mol. The number of phenolic OH excluding ortho intramolecular Hbond substituents is 1. The van der Waals surface area contributed by atoms with Crippen LogP contribution in [0, 0.1) is 5.82 Å². The van der Waals surface area contributed by atoms with Crippen molar-refractivity contribution in [3.05, 3.63) is 53.3 Å². The normalized spacial score (nSPS) is 19.2. The topological polar surface area (TPSA) is 64.5 Å². The van der Waals surface area contributed by atoms with E-state index in [0.29, 0.717) is 28.2 Å². The number of hydrogen-bond donors (Lipinski definition) is 2. The van der Waals surface area contributed by atoms with Crippen LogP contribution in [0.15, 0.2) is 47.6 Å². The number of fused-ring (bicyclic) bond motifs is 4. The van der Waals surface area contributed by atoms with Crippen molar-refractivity contribution in [3.63, 3.8) is 0 Å². The lowest BCUT2D eigenvalue weighted by molar-refractivity contribution is 0.410. The zero-order valence-electron chi connectivity index (χ0n) is 21.5. The minimum absolute atomic E-state index is 0.0612. The number of nitrogens with one attached hydrogen (secondary N) is 1. The number of thioether (sulfide) groups is 1. The van der Waals surface area contributed by atoms with E-state index in [4.69, 9.17) is 21.6 Å². The van der Waals surface area contributed by atoms with Gasteiger partial charge in [0.15, 0.2) is 11.0 Å². The molecule has 9 heteroatoms. The smallest absolute Gasteiger partial charge is 0.190 e. The van der Waals surface area contributed by atoms with Crippen LogP contribution in [0.2, 0.25) is 5.02 Å². The third-order valence-electron chi connectivity index (χ3n) is 7.46. The molecule has 2 bridgehead atoms. The summed E-state index contributed by atoms with van der Waals surface area (Å²) in [4.78, 5) is 14.1. The van der Waals surface area contributed by atoms with Gasteiger partial charge in [-0.15, -0.1) is 0 Å². The van der Waals surface area contributed by atoms with Crippen LogP contribution in [0.3, 0.4) is 0 Å².